The largest absolute Gasteiger partial charge is 0.394 e. The second-order valence-electron chi connectivity index (χ2n) is 5.48. The van der Waals surface area contributed by atoms with Crippen molar-refractivity contribution < 1.29 is 14.9 Å². The average molecular weight is 462 g/mol. The molecule has 3 atom stereocenters. The normalized spacial score (nSPS) is 23.6. The Morgan fingerprint density at radius 1 is 1.25 bits per heavy atom. The molecule has 3 N–H and O–H groups in total. The zero-order valence-corrected chi connectivity index (χ0v) is 15.4. The first-order valence-electron chi connectivity index (χ1n) is 7.15. The predicted molar refractivity (Wildman–Crippen MR) is 93.8 cm³/mol. The Morgan fingerprint density at radius 3 is 2.50 bits per heavy atom. The smallest absolute Gasteiger partial charge is 0.330 e. The molecule has 0 aliphatic carbocycles. The van der Waals surface area contributed by atoms with Crippen molar-refractivity contribution in [2.75, 3.05) is 6.61 Å². The van der Waals surface area contributed by atoms with E-state index in [0.717, 1.165) is 8.95 Å². The first-order chi connectivity index (χ1) is 11.4. The number of rotatable bonds is 3. The molecule has 1 aromatic carbocycles. The molecular weight excluding hydrogens is 448 g/mol. The van der Waals surface area contributed by atoms with E-state index in [1.54, 1.807) is 12.1 Å². The summed E-state index contributed by atoms with van der Waals surface area (Å²) in [7, 11) is 0. The molecule has 1 aliphatic heterocycles. The summed E-state index contributed by atoms with van der Waals surface area (Å²) in [6, 6.07) is 5.34. The maximum Gasteiger partial charge on any atom is 0.330 e. The van der Waals surface area contributed by atoms with Crippen molar-refractivity contribution in [2.45, 2.75) is 24.9 Å². The van der Waals surface area contributed by atoms with Gasteiger partial charge in [-0.25, -0.2) is 4.79 Å². The van der Waals surface area contributed by atoms with E-state index in [0.29, 0.717) is 11.1 Å². The highest BCUT2D eigenvalue weighted by molar-refractivity contribution is 9.11. The number of H-pyrrole nitrogens is 1. The van der Waals surface area contributed by atoms with Crippen LogP contribution in [0.3, 0.4) is 0 Å². The first kappa shape index (κ1) is 17.6. The molecule has 7 nitrogen and oxygen atoms in total. The number of aliphatic hydroxyl groups is 2. The van der Waals surface area contributed by atoms with Crippen LogP contribution in [-0.2, 0) is 4.74 Å². The van der Waals surface area contributed by atoms with Crippen LogP contribution in [0.2, 0.25) is 0 Å². The molecule has 0 radical (unpaired) electrons. The molecular formula is C15H14Br2N2O5. The Labute approximate surface area is 153 Å². The van der Waals surface area contributed by atoms with E-state index >= 15 is 0 Å². The van der Waals surface area contributed by atoms with Crippen LogP contribution in [0.15, 0.2) is 42.9 Å². The van der Waals surface area contributed by atoms with Gasteiger partial charge in [0.15, 0.2) is 0 Å². The van der Waals surface area contributed by atoms with E-state index in [9.17, 15) is 14.7 Å². The summed E-state index contributed by atoms with van der Waals surface area (Å²) < 4.78 is 8.27. The number of benzene rings is 1. The molecule has 24 heavy (non-hydrogen) atoms. The van der Waals surface area contributed by atoms with Crippen molar-refractivity contribution in [3.05, 3.63) is 54.2 Å². The van der Waals surface area contributed by atoms with Crippen LogP contribution in [0.4, 0.5) is 0 Å². The van der Waals surface area contributed by atoms with Crippen molar-refractivity contribution in [1.82, 2.24) is 9.55 Å². The summed E-state index contributed by atoms with van der Waals surface area (Å²) in [4.78, 5) is 26.6. The van der Waals surface area contributed by atoms with Crippen molar-refractivity contribution >= 4 is 31.9 Å². The molecule has 128 valence electrons. The standard InChI is InChI=1S/C15H14Br2N2O5/c16-8-1-7(2-9(17)3-8)10-5-19(15(23)18-14(10)22)13-4-11(21)12(6-20)24-13/h1-3,5,11-13,20-21H,4,6H2,(H,18,22,23)/t11-,12+,13+/m0/s1. The van der Waals surface area contributed by atoms with E-state index in [-0.39, 0.29) is 13.0 Å². The summed E-state index contributed by atoms with van der Waals surface area (Å²) in [6.45, 7) is -0.346. The number of aliphatic hydroxyl groups excluding tert-OH is 2. The highest BCUT2D eigenvalue weighted by atomic mass is 79.9. The lowest BCUT2D eigenvalue weighted by molar-refractivity contribution is -0.0458. The van der Waals surface area contributed by atoms with Gasteiger partial charge >= 0.3 is 5.69 Å². The van der Waals surface area contributed by atoms with E-state index in [1.165, 1.54) is 10.8 Å². The molecule has 0 saturated carbocycles. The zero-order valence-electron chi connectivity index (χ0n) is 12.3. The van der Waals surface area contributed by atoms with Gasteiger partial charge in [-0.3, -0.25) is 14.3 Å². The molecule has 0 unspecified atom stereocenters. The van der Waals surface area contributed by atoms with Gasteiger partial charge in [0.2, 0.25) is 0 Å². The van der Waals surface area contributed by atoms with Crippen LogP contribution in [0.5, 0.6) is 0 Å². The fourth-order valence-electron chi connectivity index (χ4n) is 2.66. The molecule has 2 aromatic rings. The predicted octanol–water partition coefficient (Wildman–Crippen LogP) is 1.37. The van der Waals surface area contributed by atoms with Crippen LogP contribution in [0, 0.1) is 0 Å². The van der Waals surface area contributed by atoms with Gasteiger partial charge < -0.3 is 14.9 Å². The Hall–Kier alpha value is -1.26. The summed E-state index contributed by atoms with van der Waals surface area (Å²) >= 11 is 6.73. The fourth-order valence-corrected chi connectivity index (χ4v) is 3.96. The van der Waals surface area contributed by atoms with Crippen LogP contribution >= 0.6 is 31.9 Å². The summed E-state index contributed by atoms with van der Waals surface area (Å²) in [5.74, 6) is 0. The number of aromatic amines is 1. The Morgan fingerprint density at radius 2 is 1.92 bits per heavy atom. The van der Waals surface area contributed by atoms with E-state index in [1.807, 2.05) is 6.07 Å². The second kappa shape index (κ2) is 6.93. The Bertz CT molecular complexity index is 859. The van der Waals surface area contributed by atoms with Gasteiger partial charge in [-0.15, -0.1) is 0 Å². The van der Waals surface area contributed by atoms with Gasteiger partial charge in [0, 0.05) is 21.6 Å². The van der Waals surface area contributed by atoms with Crippen LogP contribution in [0.25, 0.3) is 11.1 Å². The van der Waals surface area contributed by atoms with E-state index in [4.69, 9.17) is 9.84 Å². The lowest BCUT2D eigenvalue weighted by Crippen LogP contribution is -2.33. The van der Waals surface area contributed by atoms with Gasteiger partial charge in [0.25, 0.3) is 5.56 Å². The molecule has 1 aliphatic rings. The quantitative estimate of drug-likeness (QED) is 0.640. The lowest BCUT2D eigenvalue weighted by atomic mass is 10.1. The Balaban J connectivity index is 2.07. The Kier molecular flexibility index (Phi) is 5.07. The third kappa shape index (κ3) is 3.40. The highest BCUT2D eigenvalue weighted by Gasteiger charge is 2.35. The minimum absolute atomic E-state index is 0.152. The van der Waals surface area contributed by atoms with E-state index < -0.39 is 29.7 Å². The van der Waals surface area contributed by atoms with Gasteiger partial charge in [-0.05, 0) is 23.8 Å². The summed E-state index contributed by atoms with van der Waals surface area (Å²) in [5.41, 5.74) is -0.238. The van der Waals surface area contributed by atoms with Crippen LogP contribution in [-0.4, -0.2) is 38.6 Å². The minimum atomic E-state index is -0.873. The number of ether oxygens (including phenoxy) is 1. The van der Waals surface area contributed by atoms with Gasteiger partial charge in [-0.1, -0.05) is 31.9 Å². The fraction of sp³-hybridized carbons (Fsp3) is 0.333. The molecule has 0 spiro atoms. The lowest BCUT2D eigenvalue weighted by Gasteiger charge is -2.15. The molecule has 0 amide bonds. The van der Waals surface area contributed by atoms with Crippen molar-refractivity contribution in [3.63, 3.8) is 0 Å². The highest BCUT2D eigenvalue weighted by Crippen LogP contribution is 2.29. The molecule has 0 bridgehead atoms. The molecule has 1 saturated heterocycles. The third-order valence-electron chi connectivity index (χ3n) is 3.84. The third-order valence-corrected chi connectivity index (χ3v) is 4.75. The second-order valence-corrected chi connectivity index (χ2v) is 7.31. The minimum Gasteiger partial charge on any atom is -0.394 e. The number of nitrogens with zero attached hydrogens (tertiary/aromatic N) is 1. The molecule has 9 heteroatoms. The van der Waals surface area contributed by atoms with Crippen molar-refractivity contribution in [1.29, 1.82) is 0 Å². The monoisotopic (exact) mass is 460 g/mol. The van der Waals surface area contributed by atoms with Crippen molar-refractivity contribution in [3.8, 4) is 11.1 Å². The van der Waals surface area contributed by atoms with Gasteiger partial charge in [0.05, 0.1) is 18.3 Å². The summed E-state index contributed by atoms with van der Waals surface area (Å²) in [5, 5.41) is 19.0. The van der Waals surface area contributed by atoms with Crippen LogP contribution < -0.4 is 11.2 Å². The van der Waals surface area contributed by atoms with E-state index in [2.05, 4.69) is 36.8 Å². The molecule has 3 rings (SSSR count). The number of hydrogen-bond acceptors (Lipinski definition) is 5. The number of halogens is 2. The molecule has 1 aromatic heterocycles. The molecule has 1 fully saturated rings. The van der Waals surface area contributed by atoms with Gasteiger partial charge in [-0.2, -0.15) is 0 Å². The topological polar surface area (TPSA) is 105 Å². The number of nitrogens with one attached hydrogen (secondary N) is 1. The maximum absolute atomic E-state index is 12.2. The first-order valence-corrected chi connectivity index (χ1v) is 8.74. The van der Waals surface area contributed by atoms with Crippen molar-refractivity contribution in [2.24, 2.45) is 0 Å². The van der Waals surface area contributed by atoms with Crippen LogP contribution in [0.1, 0.15) is 12.6 Å². The maximum atomic E-state index is 12.2. The molecule has 2 heterocycles. The number of hydrogen-bond donors (Lipinski definition) is 3. The number of aromatic nitrogens is 2. The summed E-state index contributed by atoms with van der Waals surface area (Å²) in [6.07, 6.45) is -0.818. The SMILES string of the molecule is O=c1[nH]c(=O)n([C@H]2C[C@H](O)[C@@H](CO)O2)cc1-c1cc(Br)cc(Br)c1. The average Bonchev–Trinajstić information content (AvgIpc) is 2.87. The van der Waals surface area contributed by atoms with Gasteiger partial charge in [0.1, 0.15) is 12.3 Å². The zero-order chi connectivity index (χ0) is 17.4.